The fourth-order valence-corrected chi connectivity index (χ4v) is 2.63. The van der Waals surface area contributed by atoms with Gasteiger partial charge in [0.05, 0.1) is 11.4 Å². The normalized spacial score (nSPS) is 11.6. The first-order valence-corrected chi connectivity index (χ1v) is 8.86. The lowest BCUT2D eigenvalue weighted by Crippen LogP contribution is -2.31. The van der Waals surface area contributed by atoms with Gasteiger partial charge in [-0.2, -0.15) is 0 Å². The second-order valence-corrected chi connectivity index (χ2v) is 7.20. The van der Waals surface area contributed by atoms with E-state index in [1.54, 1.807) is 4.68 Å². The Balaban J connectivity index is 2.30. The third kappa shape index (κ3) is 4.66. The summed E-state index contributed by atoms with van der Waals surface area (Å²) in [6.07, 6.45) is 1.67. The van der Waals surface area contributed by atoms with Gasteiger partial charge in [0, 0.05) is 13.1 Å². The van der Waals surface area contributed by atoms with Crippen LogP contribution in [0, 0.1) is 0 Å². The smallest absolute Gasteiger partial charge is 0.273 e. The number of hydrogen-bond acceptors (Lipinski definition) is 4. The molecule has 0 fully saturated rings. The number of likely N-dealkylation sites (N-methyl/N-ethyl adjacent to an activating group) is 1. The summed E-state index contributed by atoms with van der Waals surface area (Å²) in [5.41, 5.74) is 3.56. The number of carbonyl (C=O) groups is 1. The van der Waals surface area contributed by atoms with Crippen LogP contribution in [0.5, 0.6) is 0 Å². The molecule has 0 aliphatic carbocycles. The molecular weight excluding hydrogens is 314 g/mol. The summed E-state index contributed by atoms with van der Waals surface area (Å²) in [5, 5.41) is 14.3. The predicted octanol–water partition coefficient (Wildman–Crippen LogP) is 2.47. The summed E-state index contributed by atoms with van der Waals surface area (Å²) in [6, 6.07) is 8.30. The van der Waals surface area contributed by atoms with Crippen molar-refractivity contribution in [2.45, 2.75) is 46.0 Å². The monoisotopic (exact) mass is 343 g/mol. The van der Waals surface area contributed by atoms with E-state index in [2.05, 4.69) is 60.8 Å². The molecule has 1 heterocycles. The Morgan fingerprint density at radius 1 is 1.16 bits per heavy atom. The topological polar surface area (TPSA) is 71.8 Å². The summed E-state index contributed by atoms with van der Waals surface area (Å²) in [7, 11) is 1.85. The number of carbonyl (C=O) groups excluding carboxylic acids is 1. The number of aromatic nitrogens is 3. The van der Waals surface area contributed by atoms with Gasteiger partial charge in [-0.1, -0.05) is 51.5 Å². The van der Waals surface area contributed by atoms with E-state index in [9.17, 15) is 4.79 Å². The molecule has 0 unspecified atom stereocenters. The zero-order valence-corrected chi connectivity index (χ0v) is 15.9. The molecule has 6 nitrogen and oxygen atoms in total. The van der Waals surface area contributed by atoms with Crippen LogP contribution in [-0.4, -0.2) is 41.0 Å². The van der Waals surface area contributed by atoms with Gasteiger partial charge >= 0.3 is 0 Å². The first-order valence-electron chi connectivity index (χ1n) is 8.86. The van der Waals surface area contributed by atoms with Crippen molar-refractivity contribution in [3.63, 3.8) is 0 Å². The number of rotatable bonds is 7. The van der Waals surface area contributed by atoms with E-state index >= 15 is 0 Å². The van der Waals surface area contributed by atoms with Crippen molar-refractivity contribution in [2.75, 3.05) is 20.1 Å². The highest BCUT2D eigenvalue weighted by Crippen LogP contribution is 2.24. The first-order chi connectivity index (χ1) is 11.9. The third-order valence-corrected chi connectivity index (χ3v) is 4.10. The molecule has 6 heteroatoms. The van der Waals surface area contributed by atoms with Crippen molar-refractivity contribution in [1.82, 2.24) is 25.6 Å². The predicted molar refractivity (Wildman–Crippen MR) is 100 cm³/mol. The molecule has 0 aliphatic heterocycles. The fourth-order valence-electron chi connectivity index (χ4n) is 2.63. The molecule has 0 aliphatic rings. The molecule has 0 spiro atoms. The lowest BCUT2D eigenvalue weighted by Gasteiger charge is -2.19. The molecule has 1 aromatic heterocycles. The highest BCUT2D eigenvalue weighted by Gasteiger charge is 2.20. The van der Waals surface area contributed by atoms with Crippen molar-refractivity contribution in [3.8, 4) is 5.69 Å². The second-order valence-electron chi connectivity index (χ2n) is 7.20. The molecule has 1 aromatic carbocycles. The maximum Gasteiger partial charge on any atom is 0.273 e. The van der Waals surface area contributed by atoms with Crippen LogP contribution in [0.25, 0.3) is 5.69 Å². The number of nitrogens with zero attached hydrogens (tertiary/aromatic N) is 3. The largest absolute Gasteiger partial charge is 0.349 e. The molecule has 2 aromatic rings. The first kappa shape index (κ1) is 19.1. The number of amides is 1. The summed E-state index contributed by atoms with van der Waals surface area (Å²) in [4.78, 5) is 12.4. The minimum absolute atomic E-state index is 0.103. The van der Waals surface area contributed by atoms with Gasteiger partial charge in [-0.05, 0) is 36.6 Å². The quantitative estimate of drug-likeness (QED) is 0.758. The Kier molecular flexibility index (Phi) is 6.31. The van der Waals surface area contributed by atoms with Crippen molar-refractivity contribution in [3.05, 3.63) is 41.2 Å². The molecule has 1 amide bonds. The van der Waals surface area contributed by atoms with Gasteiger partial charge in [0.25, 0.3) is 5.91 Å². The van der Waals surface area contributed by atoms with Crippen molar-refractivity contribution in [2.24, 2.45) is 0 Å². The van der Waals surface area contributed by atoms with E-state index in [-0.39, 0.29) is 11.3 Å². The van der Waals surface area contributed by atoms with E-state index in [0.29, 0.717) is 12.2 Å². The van der Waals surface area contributed by atoms with Crippen LogP contribution >= 0.6 is 0 Å². The Morgan fingerprint density at radius 3 is 2.40 bits per heavy atom. The molecule has 0 radical (unpaired) electrons. The van der Waals surface area contributed by atoms with Gasteiger partial charge in [0.1, 0.15) is 0 Å². The maximum absolute atomic E-state index is 12.4. The average Bonchev–Trinajstić information content (AvgIpc) is 2.98. The van der Waals surface area contributed by atoms with Gasteiger partial charge in [-0.15, -0.1) is 5.10 Å². The van der Waals surface area contributed by atoms with Crippen molar-refractivity contribution < 1.29 is 4.79 Å². The van der Waals surface area contributed by atoms with Crippen LogP contribution in [-0.2, 0) is 11.8 Å². The van der Waals surface area contributed by atoms with E-state index in [0.717, 1.165) is 30.8 Å². The van der Waals surface area contributed by atoms with Crippen LogP contribution in [0.3, 0.4) is 0 Å². The summed E-state index contributed by atoms with van der Waals surface area (Å²) < 4.78 is 1.78. The molecule has 0 bridgehead atoms. The van der Waals surface area contributed by atoms with Crippen LogP contribution in [0.1, 0.15) is 55.9 Å². The Bertz CT molecular complexity index is 698. The van der Waals surface area contributed by atoms with Crippen LogP contribution in [0.15, 0.2) is 24.3 Å². The van der Waals surface area contributed by atoms with Gasteiger partial charge in [-0.3, -0.25) is 4.79 Å². The zero-order chi connectivity index (χ0) is 18.4. The highest BCUT2D eigenvalue weighted by atomic mass is 16.2. The average molecular weight is 343 g/mol. The lowest BCUT2D eigenvalue weighted by atomic mass is 9.87. The van der Waals surface area contributed by atoms with E-state index < -0.39 is 0 Å². The molecule has 25 heavy (non-hydrogen) atoms. The van der Waals surface area contributed by atoms with Crippen molar-refractivity contribution >= 4 is 5.91 Å². The van der Waals surface area contributed by atoms with Crippen LogP contribution < -0.4 is 10.6 Å². The minimum atomic E-state index is -0.170. The zero-order valence-electron chi connectivity index (χ0n) is 15.9. The maximum atomic E-state index is 12.4. The van der Waals surface area contributed by atoms with Gasteiger partial charge < -0.3 is 10.6 Å². The molecule has 2 N–H and O–H groups in total. The van der Waals surface area contributed by atoms with Gasteiger partial charge in [0.2, 0.25) is 0 Å². The lowest BCUT2D eigenvalue weighted by molar-refractivity contribution is 0.0948. The van der Waals surface area contributed by atoms with Gasteiger partial charge in [-0.25, -0.2) is 4.68 Å². The molecule has 2 rings (SSSR count). The third-order valence-electron chi connectivity index (χ3n) is 4.10. The van der Waals surface area contributed by atoms with E-state index in [1.807, 2.05) is 19.2 Å². The molecule has 0 saturated carbocycles. The summed E-state index contributed by atoms with van der Waals surface area (Å²) in [6.45, 7) is 9.93. The van der Waals surface area contributed by atoms with Crippen LogP contribution in [0.4, 0.5) is 0 Å². The Labute approximate surface area is 150 Å². The molecule has 136 valence electrons. The highest BCUT2D eigenvalue weighted by molar-refractivity contribution is 5.93. The number of benzene rings is 1. The standard InChI is InChI=1S/C19H29N5O/c1-6-7-16-17(18(25)21-13-12-20-5)22-23-24(16)15-10-8-14(9-11-15)19(2,3)4/h8-11,20H,6-7,12-13H2,1-5H3,(H,21,25). The summed E-state index contributed by atoms with van der Waals surface area (Å²) >= 11 is 0. The van der Waals surface area contributed by atoms with Gasteiger partial charge in [0.15, 0.2) is 5.69 Å². The molecular formula is C19H29N5O. The van der Waals surface area contributed by atoms with E-state index in [4.69, 9.17) is 0 Å². The van der Waals surface area contributed by atoms with Crippen molar-refractivity contribution in [1.29, 1.82) is 0 Å². The summed E-state index contributed by atoms with van der Waals surface area (Å²) in [5.74, 6) is -0.170. The second kappa shape index (κ2) is 8.25. The Hall–Kier alpha value is -2.21. The molecule has 0 saturated heterocycles. The Morgan fingerprint density at radius 2 is 1.84 bits per heavy atom. The minimum Gasteiger partial charge on any atom is -0.349 e. The van der Waals surface area contributed by atoms with Crippen LogP contribution in [0.2, 0.25) is 0 Å². The van der Waals surface area contributed by atoms with E-state index in [1.165, 1.54) is 5.56 Å². The number of nitrogens with one attached hydrogen (secondary N) is 2. The SMILES string of the molecule is CCCc1c(C(=O)NCCNC)nnn1-c1ccc(C(C)(C)C)cc1. The number of hydrogen-bond donors (Lipinski definition) is 2. The fraction of sp³-hybridized carbons (Fsp3) is 0.526. The molecule has 0 atom stereocenters.